The van der Waals surface area contributed by atoms with Crippen LogP contribution in [0.15, 0.2) is 81.1 Å². The van der Waals surface area contributed by atoms with Gasteiger partial charge < -0.3 is 9.73 Å². The zero-order valence-electron chi connectivity index (χ0n) is 13.9. The van der Waals surface area contributed by atoms with Gasteiger partial charge in [-0.1, -0.05) is 30.3 Å². The molecule has 25 heavy (non-hydrogen) atoms. The zero-order valence-corrected chi connectivity index (χ0v) is 15.5. The van der Waals surface area contributed by atoms with Crippen LogP contribution in [0.2, 0.25) is 0 Å². The van der Waals surface area contributed by atoms with Gasteiger partial charge in [-0.3, -0.25) is 4.79 Å². The van der Waals surface area contributed by atoms with Crippen molar-refractivity contribution in [1.82, 2.24) is 5.32 Å². The first kappa shape index (κ1) is 17.7. The van der Waals surface area contributed by atoms with Crippen LogP contribution in [0.3, 0.4) is 0 Å². The third-order valence-corrected chi connectivity index (χ3v) is 5.51. The van der Waals surface area contributed by atoms with Crippen LogP contribution in [0.25, 0.3) is 0 Å². The van der Waals surface area contributed by atoms with E-state index in [0.29, 0.717) is 18.1 Å². The molecule has 0 fully saturated rings. The van der Waals surface area contributed by atoms with Gasteiger partial charge in [-0.2, -0.15) is 0 Å². The molecule has 0 saturated carbocycles. The molecule has 0 atom stereocenters. The quantitative estimate of drug-likeness (QED) is 0.580. The van der Waals surface area contributed by atoms with Gasteiger partial charge in [0.15, 0.2) is 5.76 Å². The van der Waals surface area contributed by atoms with Gasteiger partial charge >= 0.3 is 0 Å². The summed E-state index contributed by atoms with van der Waals surface area (Å²) in [6.45, 7) is 0.486. The number of hydrogen-bond acceptors (Lipinski definition) is 4. The highest BCUT2D eigenvalue weighted by Gasteiger charge is 2.15. The van der Waals surface area contributed by atoms with Crippen LogP contribution < -0.4 is 5.32 Å². The lowest BCUT2D eigenvalue weighted by Gasteiger charge is -2.06. The van der Waals surface area contributed by atoms with Crippen LogP contribution in [-0.4, -0.2) is 12.2 Å². The number of benzene rings is 2. The van der Waals surface area contributed by atoms with Crippen molar-refractivity contribution in [3.8, 4) is 0 Å². The van der Waals surface area contributed by atoms with Crippen molar-refractivity contribution in [2.24, 2.45) is 0 Å². The fourth-order valence-corrected chi connectivity index (χ4v) is 3.64. The molecular weight excluding hydrogens is 350 g/mol. The third-order valence-electron chi connectivity index (χ3n) is 3.70. The Morgan fingerprint density at radius 2 is 1.76 bits per heavy atom. The molecule has 2 aromatic carbocycles. The van der Waals surface area contributed by atoms with Gasteiger partial charge in [0.2, 0.25) is 0 Å². The Kier molecular flexibility index (Phi) is 6.25. The number of amides is 1. The van der Waals surface area contributed by atoms with Gasteiger partial charge in [0.1, 0.15) is 0 Å². The lowest BCUT2D eigenvalue weighted by molar-refractivity contribution is 0.0922. The third kappa shape index (κ3) is 4.94. The summed E-state index contributed by atoms with van der Waals surface area (Å²) in [5, 5.41) is 2.93. The molecule has 3 aromatic rings. The van der Waals surface area contributed by atoms with Crippen molar-refractivity contribution >= 4 is 29.4 Å². The van der Waals surface area contributed by atoms with Gasteiger partial charge in [0.05, 0.1) is 6.26 Å². The van der Waals surface area contributed by atoms with E-state index in [-0.39, 0.29) is 5.91 Å². The summed E-state index contributed by atoms with van der Waals surface area (Å²) in [6.07, 6.45) is 3.62. The zero-order chi connectivity index (χ0) is 17.5. The predicted octanol–water partition coefficient (Wildman–Crippen LogP) is 5.22. The number of hydrogen-bond donors (Lipinski definition) is 1. The molecule has 0 spiro atoms. The van der Waals surface area contributed by atoms with Crippen molar-refractivity contribution < 1.29 is 9.21 Å². The molecule has 1 N–H and O–H groups in total. The Morgan fingerprint density at radius 3 is 2.48 bits per heavy atom. The normalized spacial score (nSPS) is 10.6. The summed E-state index contributed by atoms with van der Waals surface area (Å²) in [7, 11) is 0. The minimum absolute atomic E-state index is 0.178. The predicted molar refractivity (Wildman–Crippen MR) is 104 cm³/mol. The Bertz CT molecular complexity index is 813. The molecule has 0 unspecified atom stereocenters. The summed E-state index contributed by atoms with van der Waals surface area (Å²) in [5.74, 6) is 0.915. The van der Waals surface area contributed by atoms with Crippen molar-refractivity contribution in [2.45, 2.75) is 22.1 Å². The highest BCUT2D eigenvalue weighted by atomic mass is 32.2. The Morgan fingerprint density at radius 1 is 1.00 bits per heavy atom. The van der Waals surface area contributed by atoms with E-state index < -0.39 is 0 Å². The van der Waals surface area contributed by atoms with Gasteiger partial charge in [0, 0.05) is 27.7 Å². The molecule has 128 valence electrons. The molecule has 0 radical (unpaired) electrons. The summed E-state index contributed by atoms with van der Waals surface area (Å²) >= 11 is 3.39. The van der Waals surface area contributed by atoms with Gasteiger partial charge in [-0.05, 0) is 42.2 Å². The molecule has 0 saturated heterocycles. The Hall–Kier alpha value is -2.11. The minimum atomic E-state index is -0.178. The van der Waals surface area contributed by atoms with E-state index >= 15 is 0 Å². The molecule has 0 aliphatic rings. The summed E-state index contributed by atoms with van der Waals surface area (Å²) < 4.78 is 5.41. The maximum atomic E-state index is 12.4. The van der Waals surface area contributed by atoms with Gasteiger partial charge in [0.25, 0.3) is 5.91 Å². The standard InChI is InChI=1S/C20H19NO2S2/c1-24-17-9-7-15(8-10-17)13-21-20(22)19-16(11-12-23-19)14-25-18-5-3-2-4-6-18/h2-12H,13-14H2,1H3,(H,21,22). The summed E-state index contributed by atoms with van der Waals surface area (Å²) in [5.41, 5.74) is 1.97. The monoisotopic (exact) mass is 369 g/mol. The van der Waals surface area contributed by atoms with Crippen LogP contribution in [0.1, 0.15) is 21.7 Å². The molecule has 3 nitrogen and oxygen atoms in total. The minimum Gasteiger partial charge on any atom is -0.459 e. The molecule has 5 heteroatoms. The smallest absolute Gasteiger partial charge is 0.287 e. The number of rotatable bonds is 7. The lowest BCUT2D eigenvalue weighted by Crippen LogP contribution is -2.23. The van der Waals surface area contributed by atoms with Gasteiger partial charge in [-0.15, -0.1) is 23.5 Å². The average molecular weight is 370 g/mol. The fourth-order valence-electron chi connectivity index (χ4n) is 2.33. The highest BCUT2D eigenvalue weighted by Crippen LogP contribution is 2.25. The molecule has 1 aromatic heterocycles. The molecule has 0 bridgehead atoms. The van der Waals surface area contributed by atoms with E-state index in [2.05, 4.69) is 29.6 Å². The number of carbonyl (C=O) groups excluding carboxylic acids is 1. The first-order valence-corrected chi connectivity index (χ1v) is 10.1. The Balaban J connectivity index is 1.58. The SMILES string of the molecule is CSc1ccc(CNC(=O)c2occc2CSc2ccccc2)cc1. The van der Waals surface area contributed by atoms with E-state index in [0.717, 1.165) is 11.1 Å². The van der Waals surface area contributed by atoms with Crippen molar-refractivity contribution in [3.63, 3.8) is 0 Å². The second-order valence-corrected chi connectivity index (χ2v) is 7.34. The number of carbonyl (C=O) groups is 1. The number of thioether (sulfide) groups is 2. The van der Waals surface area contributed by atoms with Gasteiger partial charge in [-0.25, -0.2) is 0 Å². The molecule has 3 rings (SSSR count). The molecule has 0 aliphatic carbocycles. The van der Waals surface area contributed by atoms with Crippen molar-refractivity contribution in [2.75, 3.05) is 6.26 Å². The highest BCUT2D eigenvalue weighted by molar-refractivity contribution is 7.98. The molecule has 1 amide bonds. The van der Waals surface area contributed by atoms with Crippen LogP contribution in [-0.2, 0) is 12.3 Å². The van der Waals surface area contributed by atoms with Crippen LogP contribution in [0.4, 0.5) is 0 Å². The second-order valence-electron chi connectivity index (χ2n) is 5.41. The summed E-state index contributed by atoms with van der Waals surface area (Å²) in [4.78, 5) is 14.8. The first-order chi connectivity index (χ1) is 12.3. The van der Waals surface area contributed by atoms with Crippen LogP contribution in [0.5, 0.6) is 0 Å². The molecular formula is C20H19NO2S2. The lowest BCUT2D eigenvalue weighted by atomic mass is 10.2. The second kappa shape index (κ2) is 8.83. The fraction of sp³-hybridized carbons (Fsp3) is 0.150. The van der Waals surface area contributed by atoms with E-state index in [1.54, 1.807) is 29.8 Å². The van der Waals surface area contributed by atoms with E-state index in [4.69, 9.17) is 4.42 Å². The van der Waals surface area contributed by atoms with Crippen LogP contribution in [0, 0.1) is 0 Å². The number of furan rings is 1. The largest absolute Gasteiger partial charge is 0.459 e. The first-order valence-electron chi connectivity index (χ1n) is 7.91. The molecule has 0 aliphatic heterocycles. The Labute approximate surface area is 156 Å². The topological polar surface area (TPSA) is 42.2 Å². The maximum Gasteiger partial charge on any atom is 0.287 e. The van der Waals surface area contributed by atoms with Crippen molar-refractivity contribution in [3.05, 3.63) is 83.8 Å². The maximum absolute atomic E-state index is 12.4. The molecule has 1 heterocycles. The van der Waals surface area contributed by atoms with E-state index in [9.17, 15) is 4.79 Å². The average Bonchev–Trinajstić information content (AvgIpc) is 3.14. The van der Waals surface area contributed by atoms with Crippen LogP contribution >= 0.6 is 23.5 Å². The van der Waals surface area contributed by atoms with E-state index in [1.165, 1.54) is 9.79 Å². The summed E-state index contributed by atoms with van der Waals surface area (Å²) in [6, 6.07) is 20.2. The number of nitrogens with one attached hydrogen (secondary N) is 1. The van der Waals surface area contributed by atoms with E-state index in [1.807, 2.05) is 42.7 Å². The van der Waals surface area contributed by atoms with Crippen molar-refractivity contribution in [1.29, 1.82) is 0 Å².